The lowest BCUT2D eigenvalue weighted by Crippen LogP contribution is -2.35. The SMILES string of the molecule is Cc1c(Cl)cnn1CCCNC(=S)NCc1ccc(Cl)cc1. The minimum Gasteiger partial charge on any atom is -0.363 e. The number of nitrogens with one attached hydrogen (secondary N) is 2. The zero-order chi connectivity index (χ0) is 15.9. The average molecular weight is 357 g/mol. The first-order valence-corrected chi connectivity index (χ1v) is 8.17. The number of nitrogens with zero attached hydrogens (tertiary/aromatic N) is 2. The zero-order valence-electron chi connectivity index (χ0n) is 12.3. The van der Waals surface area contributed by atoms with Crippen molar-refractivity contribution in [2.45, 2.75) is 26.4 Å². The van der Waals surface area contributed by atoms with E-state index in [0.717, 1.165) is 35.8 Å². The Labute approximate surface area is 145 Å². The van der Waals surface area contributed by atoms with Crippen LogP contribution in [0.4, 0.5) is 0 Å². The molecule has 1 aromatic carbocycles. The predicted molar refractivity (Wildman–Crippen MR) is 95.5 cm³/mol. The van der Waals surface area contributed by atoms with Gasteiger partial charge in [-0.2, -0.15) is 5.10 Å². The average Bonchev–Trinajstić information content (AvgIpc) is 2.83. The summed E-state index contributed by atoms with van der Waals surface area (Å²) < 4.78 is 1.90. The first-order valence-electron chi connectivity index (χ1n) is 7.00. The molecule has 1 heterocycles. The summed E-state index contributed by atoms with van der Waals surface area (Å²) in [6.07, 6.45) is 2.59. The maximum Gasteiger partial charge on any atom is 0.166 e. The van der Waals surface area contributed by atoms with E-state index in [2.05, 4.69) is 15.7 Å². The van der Waals surface area contributed by atoms with E-state index in [0.29, 0.717) is 16.7 Å². The number of rotatable bonds is 6. The number of aromatic nitrogens is 2. The summed E-state index contributed by atoms with van der Waals surface area (Å²) in [4.78, 5) is 0. The van der Waals surface area contributed by atoms with Crippen molar-refractivity contribution in [2.24, 2.45) is 0 Å². The van der Waals surface area contributed by atoms with Gasteiger partial charge in [0.15, 0.2) is 5.11 Å². The summed E-state index contributed by atoms with van der Waals surface area (Å²) in [5.74, 6) is 0. The lowest BCUT2D eigenvalue weighted by molar-refractivity contribution is 0.559. The minimum atomic E-state index is 0.644. The van der Waals surface area contributed by atoms with Crippen LogP contribution in [0, 0.1) is 6.92 Å². The molecule has 0 fully saturated rings. The second-order valence-electron chi connectivity index (χ2n) is 4.89. The number of benzene rings is 1. The Morgan fingerprint density at radius 2 is 1.95 bits per heavy atom. The van der Waals surface area contributed by atoms with Crippen LogP contribution in [0.15, 0.2) is 30.5 Å². The van der Waals surface area contributed by atoms with Crippen LogP contribution in [0.2, 0.25) is 10.0 Å². The summed E-state index contributed by atoms with van der Waals surface area (Å²) >= 11 is 17.1. The van der Waals surface area contributed by atoms with E-state index >= 15 is 0 Å². The first-order chi connectivity index (χ1) is 10.6. The summed E-state index contributed by atoms with van der Waals surface area (Å²) in [5, 5.41) is 12.6. The van der Waals surface area contributed by atoms with Gasteiger partial charge in [-0.3, -0.25) is 4.68 Å². The molecule has 0 spiro atoms. The first kappa shape index (κ1) is 17.1. The van der Waals surface area contributed by atoms with E-state index in [9.17, 15) is 0 Å². The Morgan fingerprint density at radius 1 is 1.23 bits per heavy atom. The highest BCUT2D eigenvalue weighted by atomic mass is 35.5. The molecule has 0 unspecified atom stereocenters. The summed E-state index contributed by atoms with van der Waals surface area (Å²) in [5.41, 5.74) is 2.13. The van der Waals surface area contributed by atoms with Crippen molar-refractivity contribution in [2.75, 3.05) is 6.54 Å². The van der Waals surface area contributed by atoms with Gasteiger partial charge in [-0.15, -0.1) is 0 Å². The summed E-state index contributed by atoms with van der Waals surface area (Å²) in [6, 6.07) is 7.68. The normalized spacial score (nSPS) is 10.5. The van der Waals surface area contributed by atoms with Crippen LogP contribution in [0.5, 0.6) is 0 Å². The van der Waals surface area contributed by atoms with Crippen molar-refractivity contribution in [1.82, 2.24) is 20.4 Å². The fraction of sp³-hybridized carbons (Fsp3) is 0.333. The second kappa shape index (κ2) is 8.36. The molecule has 7 heteroatoms. The van der Waals surface area contributed by atoms with E-state index < -0.39 is 0 Å². The van der Waals surface area contributed by atoms with Gasteiger partial charge in [-0.1, -0.05) is 35.3 Å². The van der Waals surface area contributed by atoms with Crippen LogP contribution < -0.4 is 10.6 Å². The Bertz CT molecular complexity index is 625. The molecule has 118 valence electrons. The van der Waals surface area contributed by atoms with Gasteiger partial charge in [-0.25, -0.2) is 0 Å². The smallest absolute Gasteiger partial charge is 0.166 e. The molecule has 0 aliphatic rings. The molecule has 4 nitrogen and oxygen atoms in total. The van der Waals surface area contributed by atoms with E-state index in [1.807, 2.05) is 35.9 Å². The fourth-order valence-corrected chi connectivity index (χ4v) is 2.37. The largest absolute Gasteiger partial charge is 0.363 e. The van der Waals surface area contributed by atoms with E-state index in [4.69, 9.17) is 35.4 Å². The number of aryl methyl sites for hydroxylation is 1. The third-order valence-corrected chi connectivity index (χ3v) is 4.15. The zero-order valence-corrected chi connectivity index (χ0v) is 14.6. The van der Waals surface area contributed by atoms with Crippen molar-refractivity contribution < 1.29 is 0 Å². The van der Waals surface area contributed by atoms with Crippen molar-refractivity contribution >= 4 is 40.5 Å². The predicted octanol–water partition coefficient (Wildman–Crippen LogP) is 3.55. The number of hydrogen-bond donors (Lipinski definition) is 2. The Kier molecular flexibility index (Phi) is 6.49. The maximum atomic E-state index is 5.96. The van der Waals surface area contributed by atoms with Gasteiger partial charge >= 0.3 is 0 Å². The van der Waals surface area contributed by atoms with Gasteiger partial charge in [0, 0.05) is 24.7 Å². The van der Waals surface area contributed by atoms with Gasteiger partial charge in [0.05, 0.1) is 16.9 Å². The van der Waals surface area contributed by atoms with Crippen molar-refractivity contribution in [3.8, 4) is 0 Å². The Morgan fingerprint density at radius 3 is 2.59 bits per heavy atom. The molecule has 2 N–H and O–H groups in total. The van der Waals surface area contributed by atoms with Gasteiger partial charge in [0.2, 0.25) is 0 Å². The highest BCUT2D eigenvalue weighted by molar-refractivity contribution is 7.80. The molecule has 1 aromatic heterocycles. The van der Waals surface area contributed by atoms with Crippen molar-refractivity contribution in [3.05, 3.63) is 51.8 Å². The molecule has 0 bridgehead atoms. The van der Waals surface area contributed by atoms with Gasteiger partial charge in [0.25, 0.3) is 0 Å². The molecule has 0 atom stereocenters. The molecule has 0 radical (unpaired) electrons. The molecule has 22 heavy (non-hydrogen) atoms. The standard InChI is InChI=1S/C15H18Cl2N4S/c1-11-14(17)10-20-21(11)8-2-7-18-15(22)19-9-12-3-5-13(16)6-4-12/h3-6,10H,2,7-9H2,1H3,(H2,18,19,22). The molecule has 0 aliphatic heterocycles. The van der Waals surface area contributed by atoms with Crippen LogP contribution in [-0.2, 0) is 13.1 Å². The highest BCUT2D eigenvalue weighted by Crippen LogP contribution is 2.13. The van der Waals surface area contributed by atoms with Crippen LogP contribution in [0.1, 0.15) is 17.7 Å². The van der Waals surface area contributed by atoms with Crippen LogP contribution >= 0.6 is 35.4 Å². The molecular formula is C15H18Cl2N4S. The summed E-state index contributed by atoms with van der Waals surface area (Å²) in [7, 11) is 0. The molecular weight excluding hydrogens is 339 g/mol. The molecule has 0 saturated heterocycles. The quantitative estimate of drug-likeness (QED) is 0.613. The van der Waals surface area contributed by atoms with Gasteiger partial charge < -0.3 is 10.6 Å². The molecule has 2 rings (SSSR count). The lowest BCUT2D eigenvalue weighted by Gasteiger charge is -2.11. The summed E-state index contributed by atoms with van der Waals surface area (Å²) in [6.45, 7) is 4.23. The molecule has 0 aliphatic carbocycles. The number of hydrogen-bond acceptors (Lipinski definition) is 2. The number of thiocarbonyl (C=S) groups is 1. The van der Waals surface area contributed by atoms with Gasteiger partial charge in [0.1, 0.15) is 0 Å². The molecule has 0 saturated carbocycles. The van der Waals surface area contributed by atoms with E-state index in [-0.39, 0.29) is 0 Å². The van der Waals surface area contributed by atoms with Gasteiger partial charge in [-0.05, 0) is 43.3 Å². The van der Waals surface area contributed by atoms with E-state index in [1.54, 1.807) is 6.20 Å². The maximum absolute atomic E-state index is 5.96. The highest BCUT2D eigenvalue weighted by Gasteiger charge is 2.03. The topological polar surface area (TPSA) is 41.9 Å². The Hall–Kier alpha value is -1.30. The van der Waals surface area contributed by atoms with E-state index in [1.165, 1.54) is 0 Å². The molecule has 0 amide bonds. The van der Waals surface area contributed by atoms with Crippen LogP contribution in [0.25, 0.3) is 0 Å². The second-order valence-corrected chi connectivity index (χ2v) is 6.14. The fourth-order valence-electron chi connectivity index (χ4n) is 1.93. The molecule has 2 aromatic rings. The Balaban J connectivity index is 1.63. The minimum absolute atomic E-state index is 0.644. The van der Waals surface area contributed by atoms with Crippen LogP contribution in [-0.4, -0.2) is 21.4 Å². The third-order valence-electron chi connectivity index (χ3n) is 3.24. The van der Waals surface area contributed by atoms with Crippen molar-refractivity contribution in [3.63, 3.8) is 0 Å². The lowest BCUT2D eigenvalue weighted by atomic mass is 10.2. The van der Waals surface area contributed by atoms with Crippen molar-refractivity contribution in [1.29, 1.82) is 0 Å². The van der Waals surface area contributed by atoms with Crippen LogP contribution in [0.3, 0.4) is 0 Å². The number of halogens is 2. The monoisotopic (exact) mass is 356 g/mol. The third kappa shape index (κ3) is 5.16.